The van der Waals surface area contributed by atoms with Crippen LogP contribution in [0.5, 0.6) is 0 Å². The molecule has 0 saturated heterocycles. The lowest BCUT2D eigenvalue weighted by molar-refractivity contribution is 0.102. The fourth-order valence-corrected chi connectivity index (χ4v) is 2.04. The number of rotatable bonds is 4. The summed E-state index contributed by atoms with van der Waals surface area (Å²) in [6.07, 6.45) is 1.55. The molecule has 0 unspecified atom stereocenters. The summed E-state index contributed by atoms with van der Waals surface area (Å²) in [6, 6.07) is 1.82. The molecule has 2 aromatic rings. The molecule has 0 aliphatic rings. The molecular weight excluding hydrogens is 238 g/mol. The van der Waals surface area contributed by atoms with Crippen LogP contribution in [0.3, 0.4) is 0 Å². The Labute approximate surface area is 103 Å². The SMILES string of the molecule is CCc1cc(NC(=O)c2snnc2CC)n[nH]1. The molecule has 0 aromatic carbocycles. The normalized spacial score (nSPS) is 10.5. The van der Waals surface area contributed by atoms with Crippen molar-refractivity contribution in [2.24, 2.45) is 0 Å². The maximum Gasteiger partial charge on any atom is 0.270 e. The minimum absolute atomic E-state index is 0.203. The first-order valence-corrected chi connectivity index (χ1v) is 6.18. The maximum atomic E-state index is 11.9. The van der Waals surface area contributed by atoms with Gasteiger partial charge in [-0.3, -0.25) is 9.89 Å². The molecule has 7 heteroatoms. The van der Waals surface area contributed by atoms with Crippen molar-refractivity contribution in [3.05, 3.63) is 22.3 Å². The third-order valence-corrected chi connectivity index (χ3v) is 3.12. The molecule has 17 heavy (non-hydrogen) atoms. The van der Waals surface area contributed by atoms with E-state index in [1.165, 1.54) is 0 Å². The number of nitrogens with zero attached hydrogens (tertiary/aromatic N) is 3. The summed E-state index contributed by atoms with van der Waals surface area (Å²) in [6.45, 7) is 3.96. The smallest absolute Gasteiger partial charge is 0.270 e. The zero-order valence-electron chi connectivity index (χ0n) is 9.65. The van der Waals surface area contributed by atoms with Gasteiger partial charge >= 0.3 is 0 Å². The Kier molecular flexibility index (Phi) is 3.48. The molecule has 0 spiro atoms. The quantitative estimate of drug-likeness (QED) is 0.865. The molecule has 1 amide bonds. The Balaban J connectivity index is 2.11. The molecule has 0 aliphatic heterocycles. The van der Waals surface area contributed by atoms with E-state index in [9.17, 15) is 4.79 Å². The van der Waals surface area contributed by atoms with Gasteiger partial charge in [0, 0.05) is 11.8 Å². The second kappa shape index (κ2) is 5.05. The van der Waals surface area contributed by atoms with Gasteiger partial charge in [0.05, 0.1) is 5.69 Å². The Morgan fingerprint density at radius 3 is 2.94 bits per heavy atom. The summed E-state index contributed by atoms with van der Waals surface area (Å²) in [5.74, 6) is 0.327. The second-order valence-electron chi connectivity index (χ2n) is 3.49. The van der Waals surface area contributed by atoms with Crippen LogP contribution in [0.25, 0.3) is 0 Å². The van der Waals surface area contributed by atoms with Crippen LogP contribution in [0.1, 0.15) is 34.9 Å². The van der Waals surface area contributed by atoms with Gasteiger partial charge in [-0.1, -0.05) is 18.3 Å². The first kappa shape index (κ1) is 11.7. The van der Waals surface area contributed by atoms with Gasteiger partial charge in [0.15, 0.2) is 5.82 Å². The molecule has 90 valence electrons. The minimum atomic E-state index is -0.203. The first-order valence-electron chi connectivity index (χ1n) is 5.41. The predicted octanol–water partition coefficient (Wildman–Crippen LogP) is 1.64. The topological polar surface area (TPSA) is 83.6 Å². The van der Waals surface area contributed by atoms with Crippen LogP contribution >= 0.6 is 11.5 Å². The van der Waals surface area contributed by atoms with Crippen LogP contribution in [-0.2, 0) is 12.8 Å². The van der Waals surface area contributed by atoms with Crippen molar-refractivity contribution < 1.29 is 4.79 Å². The molecule has 2 heterocycles. The molecule has 2 N–H and O–H groups in total. The van der Waals surface area contributed by atoms with E-state index >= 15 is 0 Å². The van der Waals surface area contributed by atoms with E-state index in [2.05, 4.69) is 25.1 Å². The van der Waals surface area contributed by atoms with E-state index < -0.39 is 0 Å². The molecule has 0 atom stereocenters. The lowest BCUT2D eigenvalue weighted by atomic mass is 10.3. The molecule has 0 saturated carbocycles. The van der Waals surface area contributed by atoms with Crippen molar-refractivity contribution in [1.82, 2.24) is 19.8 Å². The van der Waals surface area contributed by atoms with E-state index in [4.69, 9.17) is 0 Å². The number of carbonyl (C=O) groups excluding carboxylic acids is 1. The van der Waals surface area contributed by atoms with Crippen molar-refractivity contribution >= 4 is 23.3 Å². The van der Waals surface area contributed by atoms with Gasteiger partial charge < -0.3 is 5.32 Å². The van der Waals surface area contributed by atoms with Gasteiger partial charge in [0.2, 0.25) is 0 Å². The largest absolute Gasteiger partial charge is 0.304 e. The Morgan fingerprint density at radius 2 is 2.29 bits per heavy atom. The second-order valence-corrected chi connectivity index (χ2v) is 4.24. The highest BCUT2D eigenvalue weighted by Crippen LogP contribution is 2.14. The first-order chi connectivity index (χ1) is 8.24. The molecule has 2 rings (SSSR count). The van der Waals surface area contributed by atoms with E-state index in [0.29, 0.717) is 17.1 Å². The fourth-order valence-electron chi connectivity index (χ4n) is 1.39. The number of anilines is 1. The van der Waals surface area contributed by atoms with Crippen LogP contribution in [0, 0.1) is 0 Å². The summed E-state index contributed by atoms with van der Waals surface area (Å²) in [7, 11) is 0. The number of hydrogen-bond donors (Lipinski definition) is 2. The van der Waals surface area contributed by atoms with E-state index in [-0.39, 0.29) is 5.91 Å². The maximum absolute atomic E-state index is 11.9. The number of H-pyrrole nitrogens is 1. The van der Waals surface area contributed by atoms with E-state index in [1.807, 2.05) is 19.9 Å². The van der Waals surface area contributed by atoms with Crippen molar-refractivity contribution in [1.29, 1.82) is 0 Å². The Morgan fingerprint density at radius 1 is 1.47 bits per heavy atom. The number of amides is 1. The molecule has 0 bridgehead atoms. The lowest BCUT2D eigenvalue weighted by Gasteiger charge is -1.99. The average molecular weight is 251 g/mol. The Hall–Kier alpha value is -1.76. The summed E-state index contributed by atoms with van der Waals surface area (Å²) in [5.41, 5.74) is 1.71. The third-order valence-electron chi connectivity index (χ3n) is 2.35. The average Bonchev–Trinajstić information content (AvgIpc) is 2.96. The molecular formula is C10H13N5OS. The van der Waals surface area contributed by atoms with Crippen LogP contribution in [0.2, 0.25) is 0 Å². The van der Waals surface area contributed by atoms with Crippen LogP contribution in [0.4, 0.5) is 5.82 Å². The van der Waals surface area contributed by atoms with Crippen molar-refractivity contribution in [3.8, 4) is 0 Å². The molecule has 6 nitrogen and oxygen atoms in total. The predicted molar refractivity (Wildman–Crippen MR) is 65.2 cm³/mol. The number of carbonyl (C=O) groups is 1. The minimum Gasteiger partial charge on any atom is -0.304 e. The summed E-state index contributed by atoms with van der Waals surface area (Å²) >= 11 is 1.10. The fraction of sp³-hybridized carbons (Fsp3) is 0.400. The van der Waals surface area contributed by atoms with Gasteiger partial charge in [-0.05, 0) is 24.4 Å². The van der Waals surface area contributed by atoms with Crippen LogP contribution in [0.15, 0.2) is 6.07 Å². The van der Waals surface area contributed by atoms with E-state index in [0.717, 1.165) is 29.3 Å². The van der Waals surface area contributed by atoms with Crippen molar-refractivity contribution in [3.63, 3.8) is 0 Å². The summed E-state index contributed by atoms with van der Waals surface area (Å²) in [5, 5.41) is 13.5. The zero-order valence-corrected chi connectivity index (χ0v) is 10.5. The molecule has 0 radical (unpaired) electrons. The Bertz CT molecular complexity index is 518. The van der Waals surface area contributed by atoms with Crippen molar-refractivity contribution in [2.45, 2.75) is 26.7 Å². The van der Waals surface area contributed by atoms with Gasteiger partial charge in [-0.25, -0.2) is 0 Å². The van der Waals surface area contributed by atoms with Gasteiger partial charge in [0.1, 0.15) is 4.88 Å². The highest BCUT2D eigenvalue weighted by atomic mass is 32.1. The zero-order chi connectivity index (χ0) is 12.3. The summed E-state index contributed by atoms with van der Waals surface area (Å²) < 4.78 is 3.78. The van der Waals surface area contributed by atoms with Crippen LogP contribution in [-0.4, -0.2) is 25.7 Å². The van der Waals surface area contributed by atoms with E-state index in [1.54, 1.807) is 0 Å². The number of hydrogen-bond acceptors (Lipinski definition) is 5. The number of aromatic nitrogens is 4. The van der Waals surface area contributed by atoms with Crippen molar-refractivity contribution in [2.75, 3.05) is 5.32 Å². The number of aromatic amines is 1. The number of aryl methyl sites for hydroxylation is 2. The standard InChI is InChI=1S/C10H13N5OS/c1-3-6-5-8(14-12-6)11-10(16)9-7(4-2)13-15-17-9/h5H,3-4H2,1-2H3,(H2,11,12,14,16). The van der Waals surface area contributed by atoms with Gasteiger partial charge in [0.25, 0.3) is 5.91 Å². The molecule has 0 aliphatic carbocycles. The third kappa shape index (κ3) is 2.50. The molecule has 2 aromatic heterocycles. The lowest BCUT2D eigenvalue weighted by Crippen LogP contribution is -2.12. The molecule has 0 fully saturated rings. The van der Waals surface area contributed by atoms with Gasteiger partial charge in [-0.2, -0.15) is 5.10 Å². The number of nitrogens with one attached hydrogen (secondary N) is 2. The van der Waals surface area contributed by atoms with Gasteiger partial charge in [-0.15, -0.1) is 5.10 Å². The van der Waals surface area contributed by atoms with Crippen LogP contribution < -0.4 is 5.32 Å². The summed E-state index contributed by atoms with van der Waals surface area (Å²) in [4.78, 5) is 12.5. The monoisotopic (exact) mass is 251 g/mol. The highest BCUT2D eigenvalue weighted by Gasteiger charge is 2.15. The highest BCUT2D eigenvalue weighted by molar-refractivity contribution is 7.08.